The molecule has 0 aliphatic rings. The second-order valence-electron chi connectivity index (χ2n) is 5.44. The van der Waals surface area contributed by atoms with E-state index in [4.69, 9.17) is 0 Å². The molecule has 0 fully saturated rings. The Hall–Kier alpha value is -3.30. The molecule has 0 bridgehead atoms. The van der Waals surface area contributed by atoms with Crippen molar-refractivity contribution >= 4 is 23.2 Å². The number of hydrogen-bond acceptors (Lipinski definition) is 3. The van der Waals surface area contributed by atoms with Gasteiger partial charge >= 0.3 is 6.18 Å². The molecular formula is C17H11F5N4O. The molecule has 0 saturated heterocycles. The zero-order valence-corrected chi connectivity index (χ0v) is 13.5. The van der Waals surface area contributed by atoms with Gasteiger partial charge in [-0.2, -0.15) is 18.3 Å². The molecule has 0 saturated carbocycles. The number of rotatable bonds is 4. The summed E-state index contributed by atoms with van der Waals surface area (Å²) in [6, 6.07) is 8.97. The second-order valence-corrected chi connectivity index (χ2v) is 5.44. The van der Waals surface area contributed by atoms with Crippen molar-refractivity contribution in [1.29, 1.82) is 0 Å². The lowest BCUT2D eigenvalue weighted by Crippen LogP contribution is -2.26. The van der Waals surface area contributed by atoms with Crippen LogP contribution in [0.1, 0.15) is 11.4 Å². The number of alkyl halides is 3. The number of hydrazone groups is 1. The van der Waals surface area contributed by atoms with E-state index in [9.17, 15) is 26.7 Å². The van der Waals surface area contributed by atoms with Crippen LogP contribution in [0.15, 0.2) is 47.6 Å². The fourth-order valence-electron chi connectivity index (χ4n) is 2.43. The van der Waals surface area contributed by atoms with E-state index in [1.807, 2.05) is 5.43 Å². The average Bonchev–Trinajstić information content (AvgIpc) is 2.96. The number of carbonyl (C=O) groups is 1. The minimum atomic E-state index is -4.77. The summed E-state index contributed by atoms with van der Waals surface area (Å²) in [5, 5.41) is 3.40. The van der Waals surface area contributed by atoms with E-state index >= 15 is 0 Å². The molecule has 1 heterocycles. The lowest BCUT2D eigenvalue weighted by molar-refractivity contribution is -0.147. The lowest BCUT2D eigenvalue weighted by Gasteiger charge is -2.10. The lowest BCUT2D eigenvalue weighted by atomic mass is 10.2. The summed E-state index contributed by atoms with van der Waals surface area (Å²) in [6.07, 6.45) is -4.03. The van der Waals surface area contributed by atoms with Gasteiger partial charge < -0.3 is 4.57 Å². The molecule has 0 atom stereocenters. The first-order valence-corrected chi connectivity index (χ1v) is 7.56. The quantitative estimate of drug-likeness (QED) is 0.427. The Morgan fingerprint density at radius 1 is 1.11 bits per heavy atom. The third-order valence-electron chi connectivity index (χ3n) is 3.59. The predicted octanol–water partition coefficient (Wildman–Crippen LogP) is 3.48. The zero-order valence-electron chi connectivity index (χ0n) is 13.5. The molecule has 1 aromatic heterocycles. The van der Waals surface area contributed by atoms with E-state index < -0.39 is 41.7 Å². The highest BCUT2D eigenvalue weighted by Crippen LogP contribution is 2.31. The normalized spacial score (nSPS) is 12.0. The van der Waals surface area contributed by atoms with Gasteiger partial charge in [-0.25, -0.2) is 19.2 Å². The zero-order chi connectivity index (χ0) is 19.6. The summed E-state index contributed by atoms with van der Waals surface area (Å²) in [6.45, 7) is -0.730. The molecule has 0 radical (unpaired) electrons. The smallest absolute Gasteiger partial charge is 0.311 e. The molecule has 0 unspecified atom stereocenters. The van der Waals surface area contributed by atoms with Crippen molar-refractivity contribution in [3.05, 3.63) is 65.5 Å². The molecule has 1 amide bonds. The number of aromatic nitrogens is 2. The Morgan fingerprint density at radius 2 is 1.78 bits per heavy atom. The highest BCUT2D eigenvalue weighted by Gasteiger charge is 2.37. The molecule has 140 valence electrons. The highest BCUT2D eigenvalue weighted by atomic mass is 19.4. The van der Waals surface area contributed by atoms with Gasteiger partial charge in [0, 0.05) is 0 Å². The Morgan fingerprint density at radius 3 is 2.44 bits per heavy atom. The van der Waals surface area contributed by atoms with Crippen LogP contribution in [0, 0.1) is 11.6 Å². The average molecular weight is 382 g/mol. The van der Waals surface area contributed by atoms with Crippen LogP contribution in [-0.4, -0.2) is 21.7 Å². The third kappa shape index (κ3) is 3.94. The molecule has 10 heteroatoms. The molecule has 0 aliphatic heterocycles. The number of fused-ring (bicyclic) bond motifs is 1. The van der Waals surface area contributed by atoms with Gasteiger partial charge in [0.1, 0.15) is 18.2 Å². The summed E-state index contributed by atoms with van der Waals surface area (Å²) >= 11 is 0. The molecule has 3 aromatic rings. The molecule has 27 heavy (non-hydrogen) atoms. The van der Waals surface area contributed by atoms with E-state index in [0.717, 1.165) is 24.4 Å². The molecule has 0 aliphatic carbocycles. The van der Waals surface area contributed by atoms with Crippen molar-refractivity contribution in [2.75, 3.05) is 0 Å². The maximum Gasteiger partial charge on any atom is 0.449 e. The molecule has 0 spiro atoms. The van der Waals surface area contributed by atoms with Gasteiger partial charge in [-0.3, -0.25) is 4.79 Å². The molecule has 2 aromatic carbocycles. The Balaban J connectivity index is 1.81. The van der Waals surface area contributed by atoms with Crippen molar-refractivity contribution in [1.82, 2.24) is 15.0 Å². The molecule has 1 N–H and O–H groups in total. The second kappa shape index (κ2) is 7.14. The van der Waals surface area contributed by atoms with Gasteiger partial charge in [-0.1, -0.05) is 18.2 Å². The first kappa shape index (κ1) is 18.5. The van der Waals surface area contributed by atoms with E-state index in [0.29, 0.717) is 4.57 Å². The number of nitrogens with one attached hydrogen (secondary N) is 1. The monoisotopic (exact) mass is 382 g/mol. The number of benzene rings is 2. The number of halogens is 5. The van der Waals surface area contributed by atoms with Crippen LogP contribution < -0.4 is 5.43 Å². The van der Waals surface area contributed by atoms with Gasteiger partial charge in [0.05, 0.1) is 22.8 Å². The molecule has 5 nitrogen and oxygen atoms in total. The van der Waals surface area contributed by atoms with Crippen LogP contribution in [0.2, 0.25) is 0 Å². The van der Waals surface area contributed by atoms with Crippen LogP contribution >= 0.6 is 0 Å². The summed E-state index contributed by atoms with van der Waals surface area (Å²) in [4.78, 5) is 15.5. The van der Waals surface area contributed by atoms with Crippen molar-refractivity contribution in [3.8, 4) is 0 Å². The van der Waals surface area contributed by atoms with Crippen molar-refractivity contribution < 1.29 is 26.7 Å². The number of imidazole rings is 1. The first-order valence-electron chi connectivity index (χ1n) is 7.56. The topological polar surface area (TPSA) is 59.3 Å². The van der Waals surface area contributed by atoms with Crippen LogP contribution in [0.3, 0.4) is 0 Å². The van der Waals surface area contributed by atoms with E-state index in [-0.39, 0.29) is 11.0 Å². The largest absolute Gasteiger partial charge is 0.449 e. The number of nitrogens with zero attached hydrogens (tertiary/aromatic N) is 3. The van der Waals surface area contributed by atoms with Crippen LogP contribution in [0.4, 0.5) is 22.0 Å². The number of para-hydroxylation sites is 2. The number of carbonyl (C=O) groups excluding carboxylic acids is 1. The van der Waals surface area contributed by atoms with Gasteiger partial charge in [-0.05, 0) is 24.3 Å². The summed E-state index contributed by atoms with van der Waals surface area (Å²) in [5.74, 6) is -3.94. The summed E-state index contributed by atoms with van der Waals surface area (Å²) < 4.78 is 67.1. The van der Waals surface area contributed by atoms with E-state index in [1.54, 1.807) is 0 Å². The van der Waals surface area contributed by atoms with Gasteiger partial charge in [0.15, 0.2) is 0 Å². The minimum absolute atomic E-state index is 0.0783. The first-order chi connectivity index (χ1) is 12.8. The van der Waals surface area contributed by atoms with Crippen molar-refractivity contribution in [2.24, 2.45) is 5.10 Å². The van der Waals surface area contributed by atoms with Crippen molar-refractivity contribution in [2.45, 2.75) is 12.7 Å². The van der Waals surface area contributed by atoms with Gasteiger partial charge in [0.2, 0.25) is 5.82 Å². The highest BCUT2D eigenvalue weighted by molar-refractivity contribution is 5.84. The standard InChI is InChI=1S/C17H11F5N4O/c18-11-4-3-5-12(19)10(11)8-23-25-15(27)9-26-14-7-2-1-6-13(14)24-16(26)17(20,21)22/h1-8H,9H2,(H,25,27). The third-order valence-corrected chi connectivity index (χ3v) is 3.59. The Kier molecular flexibility index (Phi) is 4.89. The van der Waals surface area contributed by atoms with Crippen LogP contribution in [0.25, 0.3) is 11.0 Å². The number of hydrogen-bond donors (Lipinski definition) is 1. The Labute approximate surface area is 149 Å². The van der Waals surface area contributed by atoms with Gasteiger partial charge in [0.25, 0.3) is 5.91 Å². The van der Waals surface area contributed by atoms with Gasteiger partial charge in [-0.15, -0.1) is 0 Å². The van der Waals surface area contributed by atoms with Crippen LogP contribution in [0.5, 0.6) is 0 Å². The number of amides is 1. The van der Waals surface area contributed by atoms with Crippen molar-refractivity contribution in [3.63, 3.8) is 0 Å². The maximum absolute atomic E-state index is 13.5. The summed E-state index contributed by atoms with van der Waals surface area (Å²) in [7, 11) is 0. The Bertz CT molecular complexity index is 1010. The van der Waals surface area contributed by atoms with E-state index in [1.165, 1.54) is 24.3 Å². The fraction of sp³-hybridized carbons (Fsp3) is 0.118. The minimum Gasteiger partial charge on any atom is -0.311 e. The van der Waals surface area contributed by atoms with Crippen LogP contribution in [-0.2, 0) is 17.5 Å². The molecule has 3 rings (SSSR count). The predicted molar refractivity (Wildman–Crippen MR) is 86.8 cm³/mol. The maximum atomic E-state index is 13.5. The molecular weight excluding hydrogens is 371 g/mol. The summed E-state index contributed by atoms with van der Waals surface area (Å²) in [5.41, 5.74) is 1.66. The fourth-order valence-corrected chi connectivity index (χ4v) is 2.43. The SMILES string of the molecule is O=C(Cn1c(C(F)(F)F)nc2ccccc21)NN=Cc1c(F)cccc1F. The van der Waals surface area contributed by atoms with E-state index in [2.05, 4.69) is 10.1 Å².